The molecule has 3 aromatic heterocycles. The first-order chi connectivity index (χ1) is 25.0. The Hall–Kier alpha value is -6.17. The molecular weight excluding hydrogens is 650 g/mol. The Bertz CT molecular complexity index is 2410. The minimum absolute atomic E-state index is 0.0477. The van der Waals surface area contributed by atoms with E-state index in [9.17, 15) is 13.6 Å². The van der Waals surface area contributed by atoms with Gasteiger partial charge in [0.15, 0.2) is 11.5 Å². The molecule has 9 rings (SSSR count). The molecular formula is C39H32F2N8O2. The van der Waals surface area contributed by atoms with Gasteiger partial charge in [-0.3, -0.25) is 4.79 Å². The smallest absolute Gasteiger partial charge is 0.245 e. The molecule has 0 aliphatic carbocycles. The third kappa shape index (κ3) is 5.62. The lowest BCUT2D eigenvalue weighted by atomic mass is 10.0. The van der Waals surface area contributed by atoms with Gasteiger partial charge in [-0.1, -0.05) is 54.6 Å². The number of halogens is 2. The number of benzene rings is 4. The number of anilines is 1. The zero-order valence-electron chi connectivity index (χ0n) is 27.4. The molecule has 1 amide bonds. The van der Waals surface area contributed by atoms with Crippen LogP contribution in [0.4, 0.5) is 14.6 Å². The minimum Gasteiger partial charge on any atom is -0.488 e. The van der Waals surface area contributed by atoms with E-state index in [4.69, 9.17) is 9.72 Å². The van der Waals surface area contributed by atoms with Crippen LogP contribution in [0.2, 0.25) is 0 Å². The molecule has 1 fully saturated rings. The first-order valence-corrected chi connectivity index (χ1v) is 16.9. The van der Waals surface area contributed by atoms with Crippen LogP contribution in [0.25, 0.3) is 38.9 Å². The highest BCUT2D eigenvalue weighted by Gasteiger charge is 2.42. The number of fused-ring (bicyclic) bond motifs is 6. The summed E-state index contributed by atoms with van der Waals surface area (Å²) in [4.78, 5) is 32.5. The maximum atomic E-state index is 14.9. The molecule has 12 heteroatoms. The maximum absolute atomic E-state index is 14.9. The minimum atomic E-state index is -0.770. The molecule has 0 radical (unpaired) electrons. The summed E-state index contributed by atoms with van der Waals surface area (Å²) in [5.74, 6) is -0.325. The number of ether oxygens (including phenoxy) is 1. The molecule has 1 saturated heterocycles. The number of aromatic nitrogens is 6. The Morgan fingerprint density at radius 3 is 2.65 bits per heavy atom. The van der Waals surface area contributed by atoms with E-state index in [2.05, 4.69) is 31.8 Å². The standard InChI is InChI=1S/C39H32F2N8O2/c40-27-13-14-34(32(41)18-27)49-38-31(20-45-49)37(42-23-43-38)48-22-29-19-35(48)39(50)46(21-25-7-2-1-3-8-25)15-6-16-47-24-44-33-12-5-11-30(36(33)47)26-9-4-10-28(17-26)51-29/h1-5,7-14,17-18,20,23-24,29,35H,6,15-16,19,21-22H2/t29-,35-/m0/s1. The second-order valence-electron chi connectivity index (χ2n) is 13.0. The van der Waals surface area contributed by atoms with E-state index in [0.29, 0.717) is 61.6 Å². The lowest BCUT2D eigenvalue weighted by Crippen LogP contribution is -2.46. The van der Waals surface area contributed by atoms with Gasteiger partial charge in [-0.25, -0.2) is 28.4 Å². The number of imidazole rings is 1. The average Bonchev–Trinajstić information content (AvgIpc) is 3.88. The lowest BCUT2D eigenvalue weighted by Gasteiger charge is -2.31. The summed E-state index contributed by atoms with van der Waals surface area (Å²) >= 11 is 0. The van der Waals surface area contributed by atoms with Crippen molar-refractivity contribution in [2.75, 3.05) is 18.0 Å². The SMILES string of the molecule is O=C1[C@@H]2C[C@@H](CN2c2ncnc3c2cnn3-c2ccc(F)cc2F)Oc2cccc(c2)-c2cccc3ncn(c23)CCCN1Cc1ccccc1. The van der Waals surface area contributed by atoms with E-state index in [1.54, 1.807) is 6.20 Å². The molecule has 4 bridgehead atoms. The van der Waals surface area contributed by atoms with Crippen molar-refractivity contribution in [3.05, 3.63) is 127 Å². The molecule has 2 atom stereocenters. The zero-order chi connectivity index (χ0) is 34.5. The highest BCUT2D eigenvalue weighted by atomic mass is 19.1. The second-order valence-corrected chi connectivity index (χ2v) is 13.0. The van der Waals surface area contributed by atoms with Crippen LogP contribution in [0.3, 0.4) is 0 Å². The highest BCUT2D eigenvalue weighted by molar-refractivity contribution is 5.94. The van der Waals surface area contributed by atoms with Crippen LogP contribution in [0, 0.1) is 11.6 Å². The zero-order valence-corrected chi connectivity index (χ0v) is 27.4. The van der Waals surface area contributed by atoms with Gasteiger partial charge in [0.25, 0.3) is 0 Å². The van der Waals surface area contributed by atoms with Crippen LogP contribution in [0.1, 0.15) is 18.4 Å². The van der Waals surface area contributed by atoms with Crippen molar-refractivity contribution >= 4 is 33.8 Å². The molecule has 10 nitrogen and oxygen atoms in total. The normalized spacial score (nSPS) is 17.8. The summed E-state index contributed by atoms with van der Waals surface area (Å²) < 4.78 is 38.8. The molecule has 51 heavy (non-hydrogen) atoms. The van der Waals surface area contributed by atoms with Crippen molar-refractivity contribution in [3.8, 4) is 22.6 Å². The Balaban J connectivity index is 1.14. The molecule has 0 N–H and O–H groups in total. The van der Waals surface area contributed by atoms with Gasteiger partial charge in [-0.2, -0.15) is 5.10 Å². The molecule has 0 saturated carbocycles. The fraction of sp³-hybridized carbons (Fsp3) is 0.205. The molecule has 0 unspecified atom stereocenters. The number of para-hydroxylation sites is 1. The Kier molecular flexibility index (Phi) is 7.63. The van der Waals surface area contributed by atoms with Crippen LogP contribution in [-0.2, 0) is 17.9 Å². The van der Waals surface area contributed by atoms with Crippen molar-refractivity contribution in [2.45, 2.75) is 38.1 Å². The predicted molar refractivity (Wildman–Crippen MR) is 188 cm³/mol. The number of rotatable bonds is 4. The number of carbonyl (C=O) groups is 1. The summed E-state index contributed by atoms with van der Waals surface area (Å²) in [6, 6.07) is 26.8. The third-order valence-corrected chi connectivity index (χ3v) is 9.74. The largest absolute Gasteiger partial charge is 0.488 e. The fourth-order valence-electron chi connectivity index (χ4n) is 7.41. The van der Waals surface area contributed by atoms with Gasteiger partial charge in [0.2, 0.25) is 5.91 Å². The summed E-state index contributed by atoms with van der Waals surface area (Å²) in [6.45, 7) is 1.99. The van der Waals surface area contributed by atoms with Gasteiger partial charge in [0, 0.05) is 37.7 Å². The number of carbonyl (C=O) groups excluding carboxylic acids is 1. The number of amides is 1. The van der Waals surface area contributed by atoms with Crippen molar-refractivity contribution in [2.24, 2.45) is 0 Å². The lowest BCUT2D eigenvalue weighted by molar-refractivity contribution is -0.133. The van der Waals surface area contributed by atoms with Gasteiger partial charge in [-0.15, -0.1) is 0 Å². The van der Waals surface area contributed by atoms with Crippen molar-refractivity contribution in [1.82, 2.24) is 34.2 Å². The monoisotopic (exact) mass is 682 g/mol. The molecule has 0 spiro atoms. The molecule has 2 aliphatic rings. The van der Waals surface area contributed by atoms with E-state index in [1.807, 2.05) is 76.8 Å². The van der Waals surface area contributed by atoms with Crippen molar-refractivity contribution < 1.29 is 18.3 Å². The van der Waals surface area contributed by atoms with Crippen molar-refractivity contribution in [3.63, 3.8) is 0 Å². The van der Waals surface area contributed by atoms with Crippen LogP contribution in [0.15, 0.2) is 110 Å². The summed E-state index contributed by atoms with van der Waals surface area (Å²) in [5.41, 5.74) is 5.45. The quantitative estimate of drug-likeness (QED) is 0.207. The van der Waals surface area contributed by atoms with Crippen LogP contribution < -0.4 is 9.64 Å². The first-order valence-electron chi connectivity index (χ1n) is 16.9. The van der Waals surface area contributed by atoms with E-state index in [0.717, 1.165) is 33.8 Å². The molecule has 4 aromatic carbocycles. The third-order valence-electron chi connectivity index (χ3n) is 9.74. The number of aryl methyl sites for hydroxylation is 1. The number of hydrogen-bond acceptors (Lipinski definition) is 7. The van der Waals surface area contributed by atoms with Gasteiger partial charge in [0.05, 0.1) is 35.5 Å². The topological polar surface area (TPSA) is 94.2 Å². The Morgan fingerprint density at radius 2 is 1.76 bits per heavy atom. The number of nitrogens with zero attached hydrogens (tertiary/aromatic N) is 8. The van der Waals surface area contributed by atoms with Crippen molar-refractivity contribution in [1.29, 1.82) is 0 Å². The van der Waals surface area contributed by atoms with E-state index in [1.165, 1.54) is 23.1 Å². The van der Waals surface area contributed by atoms with Gasteiger partial charge < -0.3 is 19.1 Å². The van der Waals surface area contributed by atoms with Crippen LogP contribution in [0.5, 0.6) is 5.75 Å². The first kappa shape index (κ1) is 30.9. The molecule has 7 aromatic rings. The van der Waals surface area contributed by atoms with Crippen LogP contribution >= 0.6 is 0 Å². The average molecular weight is 683 g/mol. The van der Waals surface area contributed by atoms with E-state index < -0.39 is 17.7 Å². The van der Waals surface area contributed by atoms with Gasteiger partial charge in [0.1, 0.15) is 41.5 Å². The molecule has 5 heterocycles. The summed E-state index contributed by atoms with van der Waals surface area (Å²) in [6.07, 6.45) is 5.59. The summed E-state index contributed by atoms with van der Waals surface area (Å²) in [5, 5.41) is 4.96. The second kappa shape index (κ2) is 12.6. The van der Waals surface area contributed by atoms with E-state index in [-0.39, 0.29) is 17.7 Å². The predicted octanol–water partition coefficient (Wildman–Crippen LogP) is 6.57. The Morgan fingerprint density at radius 1 is 0.882 bits per heavy atom. The molecule has 2 aliphatic heterocycles. The van der Waals surface area contributed by atoms with Crippen LogP contribution in [-0.4, -0.2) is 65.3 Å². The summed E-state index contributed by atoms with van der Waals surface area (Å²) in [7, 11) is 0. The van der Waals surface area contributed by atoms with E-state index >= 15 is 0 Å². The maximum Gasteiger partial charge on any atom is 0.245 e. The number of hydrogen-bond donors (Lipinski definition) is 0. The molecule has 254 valence electrons. The Labute approximate surface area is 291 Å². The fourth-order valence-corrected chi connectivity index (χ4v) is 7.41. The highest BCUT2D eigenvalue weighted by Crippen LogP contribution is 2.36. The van der Waals surface area contributed by atoms with Gasteiger partial charge in [-0.05, 0) is 47.9 Å². The van der Waals surface area contributed by atoms with Gasteiger partial charge >= 0.3 is 0 Å².